The Kier molecular flexibility index (Phi) is 4.04. The number of hydrogen-bond acceptors (Lipinski definition) is 4. The summed E-state index contributed by atoms with van der Waals surface area (Å²) < 4.78 is 49.0. The Bertz CT molecular complexity index is 875. The Labute approximate surface area is 135 Å². The molecule has 5 nitrogen and oxygen atoms in total. The molecule has 3 aromatic rings. The van der Waals surface area contributed by atoms with Gasteiger partial charge in [0.15, 0.2) is 12.4 Å². The van der Waals surface area contributed by atoms with Crippen LogP contribution < -0.4 is 9.47 Å². The van der Waals surface area contributed by atoms with E-state index in [0.717, 1.165) is 16.8 Å². The number of hydrogen-bond donors (Lipinski definition) is 0. The summed E-state index contributed by atoms with van der Waals surface area (Å²) in [4.78, 5) is 3.95. The highest BCUT2D eigenvalue weighted by atomic mass is 19.4. The Hall–Kier alpha value is -2.77. The fourth-order valence-electron chi connectivity index (χ4n) is 2.16. The zero-order valence-electron chi connectivity index (χ0n) is 13.0. The highest BCUT2D eigenvalue weighted by molar-refractivity contribution is 5.58. The molecule has 0 radical (unpaired) electrons. The predicted molar refractivity (Wildman–Crippen MR) is 80.5 cm³/mol. The standard InChI is InChI=1S/C16H14F3N3O2/c1-10-11(2)21-22-7-5-12(8-13(10)22)24-15-14(4-3-6-20-15)23-9-16(17,18)19/h3-8H,9H2,1-2H3. The number of fused-ring (bicyclic) bond motifs is 1. The number of alkyl halides is 3. The molecule has 0 aromatic carbocycles. The molecule has 8 heteroatoms. The van der Waals surface area contributed by atoms with Crippen LogP contribution in [0.2, 0.25) is 0 Å². The van der Waals surface area contributed by atoms with E-state index in [9.17, 15) is 13.2 Å². The van der Waals surface area contributed by atoms with Crippen LogP contribution in [0.3, 0.4) is 0 Å². The van der Waals surface area contributed by atoms with Crippen molar-refractivity contribution in [3.05, 3.63) is 47.9 Å². The normalized spacial score (nSPS) is 11.7. The van der Waals surface area contributed by atoms with Crippen LogP contribution in [0.1, 0.15) is 11.3 Å². The van der Waals surface area contributed by atoms with Crippen LogP contribution >= 0.6 is 0 Å². The van der Waals surface area contributed by atoms with Crippen LogP contribution in [0, 0.1) is 13.8 Å². The first kappa shape index (κ1) is 16.1. The largest absolute Gasteiger partial charge is 0.478 e. The summed E-state index contributed by atoms with van der Waals surface area (Å²) in [7, 11) is 0. The molecule has 0 aliphatic rings. The number of ether oxygens (including phenoxy) is 2. The maximum Gasteiger partial charge on any atom is 0.422 e. The van der Waals surface area contributed by atoms with Crippen LogP contribution in [0.4, 0.5) is 13.2 Å². The molecule has 126 valence electrons. The van der Waals surface area contributed by atoms with Crippen molar-refractivity contribution in [2.45, 2.75) is 20.0 Å². The highest BCUT2D eigenvalue weighted by Crippen LogP contribution is 2.31. The summed E-state index contributed by atoms with van der Waals surface area (Å²) >= 11 is 0. The van der Waals surface area contributed by atoms with Gasteiger partial charge in [0.2, 0.25) is 0 Å². The number of rotatable bonds is 4. The lowest BCUT2D eigenvalue weighted by Crippen LogP contribution is -2.19. The number of nitrogens with zero attached hydrogens (tertiary/aromatic N) is 3. The summed E-state index contributed by atoms with van der Waals surface area (Å²) in [5.74, 6) is 0.331. The lowest BCUT2D eigenvalue weighted by atomic mass is 10.2. The van der Waals surface area contributed by atoms with Gasteiger partial charge in [-0.1, -0.05) is 0 Å². The molecule has 0 unspecified atom stereocenters. The summed E-state index contributed by atoms with van der Waals surface area (Å²) in [6, 6.07) is 6.26. The van der Waals surface area contributed by atoms with Crippen LogP contribution in [0.5, 0.6) is 17.4 Å². The van der Waals surface area contributed by atoms with E-state index in [1.165, 1.54) is 18.3 Å². The van der Waals surface area contributed by atoms with Gasteiger partial charge in [-0.2, -0.15) is 18.3 Å². The molecule has 0 fully saturated rings. The van der Waals surface area contributed by atoms with Crippen molar-refractivity contribution in [1.29, 1.82) is 0 Å². The van der Waals surface area contributed by atoms with E-state index < -0.39 is 12.8 Å². The minimum absolute atomic E-state index is 0.0278. The van der Waals surface area contributed by atoms with Gasteiger partial charge >= 0.3 is 6.18 Å². The topological polar surface area (TPSA) is 48.7 Å². The second-order valence-corrected chi connectivity index (χ2v) is 5.22. The first-order chi connectivity index (χ1) is 11.3. The lowest BCUT2D eigenvalue weighted by molar-refractivity contribution is -0.153. The van der Waals surface area contributed by atoms with Crippen molar-refractivity contribution < 1.29 is 22.6 Å². The smallest absolute Gasteiger partial charge is 0.422 e. The molecular formula is C16H14F3N3O2. The third-order valence-electron chi connectivity index (χ3n) is 3.43. The first-order valence-electron chi connectivity index (χ1n) is 7.11. The van der Waals surface area contributed by atoms with Crippen molar-refractivity contribution >= 4 is 5.52 Å². The molecule has 0 aliphatic heterocycles. The number of halogens is 3. The predicted octanol–water partition coefficient (Wildman–Crippen LogP) is 4.08. The zero-order chi connectivity index (χ0) is 17.3. The lowest BCUT2D eigenvalue weighted by Gasteiger charge is -2.12. The third-order valence-corrected chi connectivity index (χ3v) is 3.43. The molecule has 0 spiro atoms. The quantitative estimate of drug-likeness (QED) is 0.720. The molecule has 0 atom stereocenters. The second kappa shape index (κ2) is 6.03. The van der Waals surface area contributed by atoms with Gasteiger partial charge in [0.05, 0.1) is 11.2 Å². The van der Waals surface area contributed by atoms with Gasteiger partial charge in [-0.15, -0.1) is 0 Å². The molecule has 3 rings (SSSR count). The molecule has 0 N–H and O–H groups in total. The van der Waals surface area contributed by atoms with E-state index >= 15 is 0 Å². The summed E-state index contributed by atoms with van der Waals surface area (Å²) in [5, 5.41) is 4.33. The molecule has 0 aliphatic carbocycles. The number of aryl methyl sites for hydroxylation is 2. The maximum atomic E-state index is 12.3. The van der Waals surface area contributed by atoms with Crippen molar-refractivity contribution in [3.8, 4) is 17.4 Å². The van der Waals surface area contributed by atoms with Crippen LogP contribution in [-0.2, 0) is 0 Å². The molecule has 3 aromatic heterocycles. The average molecular weight is 337 g/mol. The van der Waals surface area contributed by atoms with E-state index in [0.29, 0.717) is 5.75 Å². The van der Waals surface area contributed by atoms with E-state index in [1.807, 2.05) is 13.8 Å². The van der Waals surface area contributed by atoms with Crippen molar-refractivity contribution in [1.82, 2.24) is 14.6 Å². The summed E-state index contributed by atoms with van der Waals surface area (Å²) in [6.45, 7) is 2.42. The summed E-state index contributed by atoms with van der Waals surface area (Å²) in [5.41, 5.74) is 2.73. The summed E-state index contributed by atoms with van der Waals surface area (Å²) in [6.07, 6.45) is -1.30. The molecule has 0 saturated heterocycles. The van der Waals surface area contributed by atoms with Crippen LogP contribution in [-0.4, -0.2) is 27.4 Å². The Morgan fingerprint density at radius 3 is 2.75 bits per heavy atom. The monoisotopic (exact) mass is 337 g/mol. The zero-order valence-corrected chi connectivity index (χ0v) is 13.0. The van der Waals surface area contributed by atoms with Crippen LogP contribution in [0.25, 0.3) is 5.52 Å². The first-order valence-corrected chi connectivity index (χ1v) is 7.11. The second-order valence-electron chi connectivity index (χ2n) is 5.22. The maximum absolute atomic E-state index is 12.3. The van der Waals surface area contributed by atoms with Gasteiger partial charge in [0.1, 0.15) is 5.75 Å². The van der Waals surface area contributed by atoms with Crippen molar-refractivity contribution in [3.63, 3.8) is 0 Å². The Morgan fingerprint density at radius 1 is 1.21 bits per heavy atom. The fourth-order valence-corrected chi connectivity index (χ4v) is 2.16. The minimum Gasteiger partial charge on any atom is -0.478 e. The van der Waals surface area contributed by atoms with Gasteiger partial charge in [-0.3, -0.25) is 0 Å². The molecule has 0 amide bonds. The molecule has 24 heavy (non-hydrogen) atoms. The van der Waals surface area contributed by atoms with E-state index in [1.54, 1.807) is 22.8 Å². The van der Waals surface area contributed by atoms with E-state index in [2.05, 4.69) is 10.1 Å². The highest BCUT2D eigenvalue weighted by Gasteiger charge is 2.29. The Balaban J connectivity index is 1.87. The van der Waals surface area contributed by atoms with Gasteiger partial charge in [-0.05, 0) is 37.6 Å². The van der Waals surface area contributed by atoms with Gasteiger partial charge in [0.25, 0.3) is 5.88 Å². The average Bonchev–Trinajstić information content (AvgIpc) is 2.81. The molecule has 3 heterocycles. The van der Waals surface area contributed by atoms with Gasteiger partial charge < -0.3 is 9.47 Å². The van der Waals surface area contributed by atoms with E-state index in [4.69, 9.17) is 9.47 Å². The Morgan fingerprint density at radius 2 is 2.00 bits per heavy atom. The molecule has 0 saturated carbocycles. The SMILES string of the molecule is Cc1nn2ccc(Oc3ncccc3OCC(F)(F)F)cc2c1C. The van der Waals surface area contributed by atoms with Crippen LogP contribution in [0.15, 0.2) is 36.7 Å². The van der Waals surface area contributed by atoms with E-state index in [-0.39, 0.29) is 11.6 Å². The van der Waals surface area contributed by atoms with Crippen molar-refractivity contribution in [2.75, 3.05) is 6.61 Å². The molecule has 0 bridgehead atoms. The third kappa shape index (κ3) is 3.42. The number of pyridine rings is 2. The van der Waals surface area contributed by atoms with Gasteiger partial charge in [-0.25, -0.2) is 9.50 Å². The fraction of sp³-hybridized carbons (Fsp3) is 0.250. The number of aromatic nitrogens is 3. The van der Waals surface area contributed by atoms with Gasteiger partial charge in [0, 0.05) is 18.5 Å². The van der Waals surface area contributed by atoms with Crippen molar-refractivity contribution in [2.24, 2.45) is 0 Å². The molecular weight excluding hydrogens is 323 g/mol. The minimum atomic E-state index is -4.43.